The summed E-state index contributed by atoms with van der Waals surface area (Å²) in [5.74, 6) is -0.121. The number of likely N-dealkylation sites (N-methyl/N-ethyl adjacent to an activating group) is 1. The maximum Gasteiger partial charge on any atom is 0.343 e. The van der Waals surface area contributed by atoms with E-state index in [-0.39, 0.29) is 22.7 Å². The smallest absolute Gasteiger partial charge is 0.343 e. The van der Waals surface area contributed by atoms with Gasteiger partial charge in [-0.2, -0.15) is 4.31 Å². The second kappa shape index (κ2) is 10.1. The number of anilines is 1. The number of ether oxygens (including phenoxy) is 2. The fraction of sp³-hybridized carbons (Fsp3) is 0.440. The van der Waals surface area contributed by atoms with Crippen LogP contribution in [0.15, 0.2) is 47.4 Å². The number of morpholine rings is 1. The monoisotopic (exact) mass is 530 g/mol. The van der Waals surface area contributed by atoms with Crippen LogP contribution in [-0.4, -0.2) is 87.1 Å². The zero-order chi connectivity index (χ0) is 25.4. The van der Waals surface area contributed by atoms with Crippen LogP contribution < -0.4 is 9.64 Å². The summed E-state index contributed by atoms with van der Waals surface area (Å²) in [6, 6.07) is 11.3. The maximum atomic E-state index is 13.1. The minimum Gasteiger partial charge on any atom is -0.423 e. The van der Waals surface area contributed by atoms with Crippen LogP contribution in [0.25, 0.3) is 10.2 Å². The van der Waals surface area contributed by atoms with E-state index < -0.39 is 16.0 Å². The SMILES string of the molecule is CC1CN(S(=O)(=O)c2ccc(C(=O)Oc3ccc4nc(N5CCN(C)CC5)sc4c3)cc2)CC(C)O1. The van der Waals surface area contributed by atoms with Gasteiger partial charge < -0.3 is 19.3 Å². The lowest BCUT2D eigenvalue weighted by Crippen LogP contribution is -2.48. The van der Waals surface area contributed by atoms with E-state index in [4.69, 9.17) is 14.5 Å². The fourth-order valence-corrected chi connectivity index (χ4v) is 7.13. The molecule has 1 aromatic heterocycles. The van der Waals surface area contributed by atoms with Crippen molar-refractivity contribution in [2.24, 2.45) is 0 Å². The molecule has 36 heavy (non-hydrogen) atoms. The second-order valence-electron chi connectivity index (χ2n) is 9.41. The van der Waals surface area contributed by atoms with Gasteiger partial charge in [0, 0.05) is 45.3 Å². The van der Waals surface area contributed by atoms with Gasteiger partial charge in [-0.15, -0.1) is 0 Å². The Balaban J connectivity index is 1.27. The van der Waals surface area contributed by atoms with Crippen LogP contribution in [0.4, 0.5) is 5.13 Å². The molecule has 2 aromatic carbocycles. The van der Waals surface area contributed by atoms with Gasteiger partial charge in [0.1, 0.15) is 5.75 Å². The Labute approximate surface area is 215 Å². The van der Waals surface area contributed by atoms with Gasteiger partial charge in [0.25, 0.3) is 0 Å². The Kier molecular flexibility index (Phi) is 7.01. The molecule has 192 valence electrons. The second-order valence-corrected chi connectivity index (χ2v) is 12.4. The molecule has 0 saturated carbocycles. The lowest BCUT2D eigenvalue weighted by Gasteiger charge is -2.34. The molecule has 0 spiro atoms. The average Bonchev–Trinajstić information content (AvgIpc) is 3.27. The highest BCUT2D eigenvalue weighted by Gasteiger charge is 2.32. The first-order valence-electron chi connectivity index (χ1n) is 12.0. The lowest BCUT2D eigenvalue weighted by atomic mass is 10.2. The van der Waals surface area contributed by atoms with E-state index in [1.807, 2.05) is 26.0 Å². The number of esters is 1. The summed E-state index contributed by atoms with van der Waals surface area (Å²) in [4.78, 5) is 22.2. The predicted molar refractivity (Wildman–Crippen MR) is 139 cm³/mol. The minimum absolute atomic E-state index is 0.142. The van der Waals surface area contributed by atoms with E-state index in [2.05, 4.69) is 16.8 Å². The zero-order valence-corrected chi connectivity index (χ0v) is 22.2. The molecule has 2 aliphatic rings. The number of carbonyl (C=O) groups excluding carboxylic acids is 1. The summed E-state index contributed by atoms with van der Waals surface area (Å²) >= 11 is 1.59. The quantitative estimate of drug-likeness (QED) is 0.367. The molecule has 0 bridgehead atoms. The normalized spacial score (nSPS) is 22.1. The van der Waals surface area contributed by atoms with Crippen molar-refractivity contribution in [2.75, 3.05) is 51.2 Å². The first kappa shape index (κ1) is 25.1. The van der Waals surface area contributed by atoms with Crippen molar-refractivity contribution < 1.29 is 22.7 Å². The highest BCUT2D eigenvalue weighted by atomic mass is 32.2. The number of sulfonamides is 1. The molecule has 0 N–H and O–H groups in total. The summed E-state index contributed by atoms with van der Waals surface area (Å²) in [5, 5.41) is 0.974. The molecule has 2 saturated heterocycles. The van der Waals surface area contributed by atoms with Crippen LogP contribution in [0.2, 0.25) is 0 Å². The summed E-state index contributed by atoms with van der Waals surface area (Å²) in [5.41, 5.74) is 1.15. The number of aromatic nitrogens is 1. The van der Waals surface area contributed by atoms with E-state index in [0.29, 0.717) is 18.8 Å². The van der Waals surface area contributed by atoms with Crippen molar-refractivity contribution in [1.29, 1.82) is 0 Å². The molecule has 3 heterocycles. The highest BCUT2D eigenvalue weighted by Crippen LogP contribution is 2.32. The third-order valence-corrected chi connectivity index (χ3v) is 9.37. The summed E-state index contributed by atoms with van der Waals surface area (Å²) in [6.45, 7) is 8.19. The van der Waals surface area contributed by atoms with Crippen LogP contribution in [0.5, 0.6) is 5.75 Å². The molecule has 2 atom stereocenters. The Morgan fingerprint density at radius 3 is 2.36 bits per heavy atom. The predicted octanol–water partition coefficient (Wildman–Crippen LogP) is 3.07. The zero-order valence-electron chi connectivity index (χ0n) is 20.6. The van der Waals surface area contributed by atoms with Gasteiger partial charge in [0.2, 0.25) is 10.0 Å². The third-order valence-electron chi connectivity index (χ3n) is 6.45. The number of carbonyl (C=O) groups is 1. The standard InChI is InChI=1S/C25H30N4O5S2/c1-17-15-29(16-18(2)33-17)36(31,32)21-7-4-19(5-8-21)24(30)34-20-6-9-22-23(14-20)35-25(26-22)28-12-10-27(3)11-13-28/h4-9,14,17-18H,10-13,15-16H2,1-3H3. The maximum absolute atomic E-state index is 13.1. The number of benzene rings is 2. The first-order chi connectivity index (χ1) is 17.2. The van der Waals surface area contributed by atoms with E-state index in [1.54, 1.807) is 17.4 Å². The number of thiazole rings is 1. The van der Waals surface area contributed by atoms with Crippen molar-refractivity contribution in [3.8, 4) is 5.75 Å². The first-order valence-corrected chi connectivity index (χ1v) is 14.3. The van der Waals surface area contributed by atoms with Gasteiger partial charge in [0.15, 0.2) is 5.13 Å². The molecule has 3 aromatic rings. The van der Waals surface area contributed by atoms with Crippen molar-refractivity contribution in [2.45, 2.75) is 31.0 Å². The summed E-state index contributed by atoms with van der Waals surface area (Å²) in [6.07, 6.45) is -0.349. The van der Waals surface area contributed by atoms with Gasteiger partial charge in [-0.3, -0.25) is 0 Å². The molecule has 0 aliphatic carbocycles. The molecule has 5 rings (SSSR count). The van der Waals surface area contributed by atoms with E-state index in [9.17, 15) is 13.2 Å². The number of hydrogen-bond acceptors (Lipinski definition) is 9. The number of nitrogens with zero attached hydrogens (tertiary/aromatic N) is 4. The van der Waals surface area contributed by atoms with Crippen molar-refractivity contribution >= 4 is 42.7 Å². The molecule has 0 radical (unpaired) electrons. The van der Waals surface area contributed by atoms with E-state index in [0.717, 1.165) is 41.5 Å². The number of fused-ring (bicyclic) bond motifs is 1. The van der Waals surface area contributed by atoms with Crippen molar-refractivity contribution in [3.63, 3.8) is 0 Å². The van der Waals surface area contributed by atoms with E-state index >= 15 is 0 Å². The molecule has 9 nitrogen and oxygen atoms in total. The lowest BCUT2D eigenvalue weighted by molar-refractivity contribution is -0.0440. The largest absolute Gasteiger partial charge is 0.423 e. The van der Waals surface area contributed by atoms with E-state index in [1.165, 1.54) is 28.6 Å². The minimum atomic E-state index is -3.67. The van der Waals surface area contributed by atoms with Gasteiger partial charge in [-0.05, 0) is 57.3 Å². The van der Waals surface area contributed by atoms with Gasteiger partial charge >= 0.3 is 5.97 Å². The van der Waals surface area contributed by atoms with Crippen LogP contribution in [0, 0.1) is 0 Å². The Bertz CT molecular complexity index is 1340. The summed E-state index contributed by atoms with van der Waals surface area (Å²) in [7, 11) is -1.56. The number of piperazine rings is 1. The molecular weight excluding hydrogens is 500 g/mol. The molecule has 0 amide bonds. The van der Waals surface area contributed by atoms with Crippen molar-refractivity contribution in [1.82, 2.24) is 14.2 Å². The molecule has 11 heteroatoms. The topological polar surface area (TPSA) is 92.3 Å². The van der Waals surface area contributed by atoms with Crippen LogP contribution in [-0.2, 0) is 14.8 Å². The fourth-order valence-electron chi connectivity index (χ4n) is 4.49. The van der Waals surface area contributed by atoms with Gasteiger partial charge in [-0.1, -0.05) is 11.3 Å². The third kappa shape index (κ3) is 5.25. The van der Waals surface area contributed by atoms with Crippen LogP contribution in [0.3, 0.4) is 0 Å². The van der Waals surface area contributed by atoms with Crippen LogP contribution in [0.1, 0.15) is 24.2 Å². The van der Waals surface area contributed by atoms with Gasteiger partial charge in [0.05, 0.1) is 32.9 Å². The highest BCUT2D eigenvalue weighted by molar-refractivity contribution is 7.89. The Hall–Kier alpha value is -2.57. The number of hydrogen-bond donors (Lipinski definition) is 0. The average molecular weight is 531 g/mol. The molecule has 2 aliphatic heterocycles. The molecule has 2 unspecified atom stereocenters. The Morgan fingerprint density at radius 1 is 1.03 bits per heavy atom. The van der Waals surface area contributed by atoms with Gasteiger partial charge in [-0.25, -0.2) is 18.2 Å². The number of rotatable bonds is 5. The molecule has 2 fully saturated rings. The summed E-state index contributed by atoms with van der Waals surface area (Å²) < 4.78 is 39.7. The Morgan fingerprint density at radius 2 is 1.69 bits per heavy atom. The molecular formula is C25H30N4O5S2. The van der Waals surface area contributed by atoms with Crippen molar-refractivity contribution in [3.05, 3.63) is 48.0 Å². The van der Waals surface area contributed by atoms with Crippen LogP contribution >= 0.6 is 11.3 Å².